The van der Waals surface area contributed by atoms with Crippen molar-refractivity contribution < 1.29 is 19.1 Å². The van der Waals surface area contributed by atoms with Gasteiger partial charge >= 0.3 is 11.9 Å². The van der Waals surface area contributed by atoms with E-state index in [0.29, 0.717) is 50.0 Å². The van der Waals surface area contributed by atoms with Crippen LogP contribution in [0.5, 0.6) is 11.5 Å². The molecule has 5 rings (SSSR count). The lowest BCUT2D eigenvalue weighted by Crippen LogP contribution is -2.11. The Hall–Kier alpha value is -4.06. The first-order chi connectivity index (χ1) is 14.3. The molecule has 30 heavy (non-hydrogen) atoms. The molecule has 3 aromatic rings. The fourth-order valence-corrected chi connectivity index (χ4v) is 3.96. The summed E-state index contributed by atoms with van der Waals surface area (Å²) in [5.74, 6) is -0.111. The Morgan fingerprint density at radius 3 is 1.63 bits per heavy atom. The Bertz CT molecular complexity index is 1380. The molecular weight excluding hydrogens is 380 g/mol. The van der Waals surface area contributed by atoms with Gasteiger partial charge in [0.05, 0.1) is 11.1 Å². The van der Waals surface area contributed by atoms with Gasteiger partial charge in [-0.05, 0) is 72.5 Å². The van der Waals surface area contributed by atoms with Crippen LogP contribution in [0.4, 0.5) is 11.4 Å². The summed E-state index contributed by atoms with van der Waals surface area (Å²) in [5.41, 5.74) is 17.1. The molecule has 0 aromatic heterocycles. The smallest absolute Gasteiger partial charge is 0.344 e. The predicted molar refractivity (Wildman–Crippen MR) is 113 cm³/mol. The lowest BCUT2D eigenvalue weighted by molar-refractivity contribution is -0.128. The van der Waals surface area contributed by atoms with Crippen molar-refractivity contribution in [2.75, 3.05) is 11.5 Å². The number of esters is 2. The molecule has 0 bridgehead atoms. The van der Waals surface area contributed by atoms with E-state index in [1.165, 1.54) is 0 Å². The molecule has 0 atom stereocenters. The largest absolute Gasteiger partial charge is 0.422 e. The number of fused-ring (bicyclic) bond motifs is 2. The standard InChI is InChI=1S/C24H18N2O4/c1-11-7-14(8-12(2)22(11)26)21-17-10-18-16(9-19(17)30-24(21)28)20(23(27)29-18)13-3-5-15(25)6-4-13/h3-10H,25-26H2,1-2H3. The highest BCUT2D eigenvalue weighted by atomic mass is 16.5. The molecule has 0 spiro atoms. The number of anilines is 2. The van der Waals surface area contributed by atoms with Crippen LogP contribution in [0, 0.1) is 13.8 Å². The summed E-state index contributed by atoms with van der Waals surface area (Å²) in [7, 11) is 0. The fraction of sp³-hybridized carbons (Fsp3) is 0.0833. The third-order valence-corrected chi connectivity index (χ3v) is 5.52. The van der Waals surface area contributed by atoms with Gasteiger partial charge in [0.1, 0.15) is 11.5 Å². The van der Waals surface area contributed by atoms with Crippen LogP contribution in [0.2, 0.25) is 0 Å². The highest BCUT2D eigenvalue weighted by Crippen LogP contribution is 2.29. The number of benzene rings is 3. The minimum absolute atomic E-state index is 0.394. The molecule has 6 heteroatoms. The Balaban J connectivity index is 1.77. The Morgan fingerprint density at radius 1 is 0.667 bits per heavy atom. The fourth-order valence-electron chi connectivity index (χ4n) is 3.96. The van der Waals surface area contributed by atoms with E-state index in [0.717, 1.165) is 16.7 Å². The molecular formula is C24H18N2O4. The molecule has 0 radical (unpaired) electrons. The van der Waals surface area contributed by atoms with Gasteiger partial charge in [-0.15, -0.1) is 0 Å². The molecule has 0 saturated carbocycles. The SMILES string of the molecule is Cc1cc(C2=c3cc4c(cc3OC2=O)=C(c2ccc(N)cc2)C(=O)O4)cc(C)c1N. The second-order valence-corrected chi connectivity index (χ2v) is 7.52. The number of ether oxygens (including phenoxy) is 2. The molecule has 0 saturated heterocycles. The molecule has 148 valence electrons. The Kier molecular flexibility index (Phi) is 3.73. The minimum Gasteiger partial charge on any atom is -0.422 e. The first-order valence-corrected chi connectivity index (χ1v) is 9.43. The Labute approximate surface area is 172 Å². The van der Waals surface area contributed by atoms with Gasteiger partial charge in [0, 0.05) is 21.8 Å². The van der Waals surface area contributed by atoms with Gasteiger partial charge < -0.3 is 20.9 Å². The van der Waals surface area contributed by atoms with Crippen molar-refractivity contribution >= 4 is 34.5 Å². The third-order valence-electron chi connectivity index (χ3n) is 5.52. The van der Waals surface area contributed by atoms with Crippen LogP contribution in [-0.4, -0.2) is 11.9 Å². The van der Waals surface area contributed by atoms with E-state index < -0.39 is 11.9 Å². The minimum atomic E-state index is -0.453. The summed E-state index contributed by atoms with van der Waals surface area (Å²) >= 11 is 0. The van der Waals surface area contributed by atoms with Crippen molar-refractivity contribution in [3.63, 3.8) is 0 Å². The van der Waals surface area contributed by atoms with Crippen LogP contribution in [0.25, 0.3) is 11.1 Å². The lowest BCUT2D eigenvalue weighted by Gasteiger charge is -2.08. The van der Waals surface area contributed by atoms with E-state index in [1.54, 1.807) is 36.4 Å². The maximum atomic E-state index is 12.7. The molecule has 4 N–H and O–H groups in total. The van der Waals surface area contributed by atoms with Crippen molar-refractivity contribution in [3.05, 3.63) is 81.2 Å². The van der Waals surface area contributed by atoms with Gasteiger partial charge in [-0.2, -0.15) is 0 Å². The molecule has 2 heterocycles. The van der Waals surface area contributed by atoms with Crippen molar-refractivity contribution in [2.24, 2.45) is 0 Å². The van der Waals surface area contributed by atoms with Gasteiger partial charge in [0.15, 0.2) is 0 Å². The van der Waals surface area contributed by atoms with Crippen molar-refractivity contribution in [1.29, 1.82) is 0 Å². The van der Waals surface area contributed by atoms with E-state index in [-0.39, 0.29) is 0 Å². The molecule has 0 amide bonds. The average Bonchev–Trinajstić information content (AvgIpc) is 3.19. The maximum absolute atomic E-state index is 12.7. The van der Waals surface area contributed by atoms with E-state index in [9.17, 15) is 9.59 Å². The third kappa shape index (κ3) is 2.58. The zero-order valence-corrected chi connectivity index (χ0v) is 16.4. The second kappa shape index (κ2) is 6.22. The molecule has 2 aliphatic heterocycles. The van der Waals surface area contributed by atoms with Crippen LogP contribution < -0.4 is 31.4 Å². The highest BCUT2D eigenvalue weighted by Gasteiger charge is 2.30. The average molecular weight is 398 g/mol. The van der Waals surface area contributed by atoms with Crippen LogP contribution in [-0.2, 0) is 9.59 Å². The number of nitrogen functional groups attached to an aromatic ring is 2. The van der Waals surface area contributed by atoms with Gasteiger partial charge in [-0.3, -0.25) is 0 Å². The van der Waals surface area contributed by atoms with Crippen molar-refractivity contribution in [3.8, 4) is 11.5 Å². The molecule has 6 nitrogen and oxygen atoms in total. The highest BCUT2D eigenvalue weighted by molar-refractivity contribution is 6.21. The number of hydrogen-bond donors (Lipinski definition) is 2. The monoisotopic (exact) mass is 398 g/mol. The molecule has 0 fully saturated rings. The van der Waals surface area contributed by atoms with Crippen molar-refractivity contribution in [1.82, 2.24) is 0 Å². The topological polar surface area (TPSA) is 105 Å². The van der Waals surface area contributed by atoms with Gasteiger partial charge in [-0.1, -0.05) is 12.1 Å². The normalized spacial score (nSPS) is 14.5. The van der Waals surface area contributed by atoms with Crippen molar-refractivity contribution in [2.45, 2.75) is 13.8 Å². The zero-order valence-electron chi connectivity index (χ0n) is 16.4. The quantitative estimate of drug-likeness (QED) is 0.387. The van der Waals surface area contributed by atoms with Crippen LogP contribution in [0.1, 0.15) is 22.3 Å². The number of nitrogens with two attached hydrogens (primary N) is 2. The summed E-state index contributed by atoms with van der Waals surface area (Å²) in [4.78, 5) is 25.3. The number of hydrogen-bond acceptors (Lipinski definition) is 6. The van der Waals surface area contributed by atoms with E-state index in [2.05, 4.69) is 0 Å². The second-order valence-electron chi connectivity index (χ2n) is 7.52. The zero-order chi connectivity index (χ0) is 21.2. The maximum Gasteiger partial charge on any atom is 0.344 e. The van der Waals surface area contributed by atoms with E-state index in [1.807, 2.05) is 26.0 Å². The lowest BCUT2D eigenvalue weighted by atomic mass is 9.97. The number of aryl methyl sites for hydroxylation is 2. The molecule has 2 aliphatic rings. The van der Waals surface area contributed by atoms with E-state index in [4.69, 9.17) is 20.9 Å². The van der Waals surface area contributed by atoms with E-state index >= 15 is 0 Å². The summed E-state index contributed by atoms with van der Waals surface area (Å²) in [5, 5.41) is 1.18. The summed E-state index contributed by atoms with van der Waals surface area (Å²) < 4.78 is 11.0. The Morgan fingerprint density at radius 2 is 1.13 bits per heavy atom. The first-order valence-electron chi connectivity index (χ1n) is 9.43. The molecule has 0 aliphatic carbocycles. The van der Waals surface area contributed by atoms with Gasteiger partial charge in [-0.25, -0.2) is 9.59 Å². The molecule has 3 aromatic carbocycles. The van der Waals surface area contributed by atoms with Crippen LogP contribution in [0.15, 0.2) is 48.5 Å². The molecule has 0 unspecified atom stereocenters. The first kappa shape index (κ1) is 18.0. The number of rotatable bonds is 2. The summed E-state index contributed by atoms with van der Waals surface area (Å²) in [6.45, 7) is 3.79. The summed E-state index contributed by atoms with van der Waals surface area (Å²) in [6.07, 6.45) is 0. The predicted octanol–water partition coefficient (Wildman–Crippen LogP) is 1.70. The summed E-state index contributed by atoms with van der Waals surface area (Å²) in [6, 6.07) is 14.1. The van der Waals surface area contributed by atoms with Gasteiger partial charge in [0.25, 0.3) is 0 Å². The van der Waals surface area contributed by atoms with Crippen LogP contribution >= 0.6 is 0 Å². The van der Waals surface area contributed by atoms with Gasteiger partial charge in [0.2, 0.25) is 0 Å². The number of carbonyl (C=O) groups is 2. The number of carbonyl (C=O) groups excluding carboxylic acids is 2. The van der Waals surface area contributed by atoms with Crippen LogP contribution in [0.3, 0.4) is 0 Å².